The third-order valence-electron chi connectivity index (χ3n) is 16.0. The zero-order chi connectivity index (χ0) is 61.7. The number of amides is 1. The van der Waals surface area contributed by atoms with E-state index in [4.69, 9.17) is 14.2 Å². The number of aliphatic hydroxyl groups excluding tert-OH is 5. The number of carbonyl (C=O) groups excluding carboxylic acids is 2. The van der Waals surface area contributed by atoms with Gasteiger partial charge in [0.2, 0.25) is 5.91 Å². The molecule has 0 aromatic heterocycles. The Morgan fingerprint density at radius 2 is 0.847 bits per heavy atom. The smallest absolute Gasteiger partial charge is 0.306 e. The molecule has 0 radical (unpaired) electrons. The molecule has 0 bridgehead atoms. The number of aliphatic hydroxyl groups is 5. The summed E-state index contributed by atoms with van der Waals surface area (Å²) < 4.78 is 17.7. The minimum absolute atomic E-state index is 0.117. The lowest BCUT2D eigenvalue weighted by Crippen LogP contribution is -2.61. The number of esters is 1. The highest BCUT2D eigenvalue weighted by Gasteiger charge is 2.47. The average molecular weight is 1190 g/mol. The minimum atomic E-state index is -1.62. The summed E-state index contributed by atoms with van der Waals surface area (Å²) >= 11 is 0. The first-order valence-corrected chi connectivity index (χ1v) is 35.0. The van der Waals surface area contributed by atoms with Crippen molar-refractivity contribution < 1.29 is 49.3 Å². The van der Waals surface area contributed by atoms with Crippen molar-refractivity contribution in [1.82, 2.24) is 5.32 Å². The van der Waals surface area contributed by atoms with Gasteiger partial charge in [-0.25, -0.2) is 0 Å². The predicted octanol–water partition coefficient (Wildman–Crippen LogP) is 17.8. The number of hydrogen-bond donors (Lipinski definition) is 6. The van der Waals surface area contributed by atoms with Crippen molar-refractivity contribution in [3.63, 3.8) is 0 Å². The molecule has 85 heavy (non-hydrogen) atoms. The summed E-state index contributed by atoms with van der Waals surface area (Å²) in [5, 5.41) is 57.1. The number of nitrogens with one attached hydrogen (secondary N) is 1. The van der Waals surface area contributed by atoms with Gasteiger partial charge in [-0.15, -0.1) is 0 Å². The molecule has 6 N–H and O–H groups in total. The van der Waals surface area contributed by atoms with Crippen LogP contribution in [0.4, 0.5) is 0 Å². The molecule has 1 aliphatic heterocycles. The molecule has 0 aromatic carbocycles. The highest BCUT2D eigenvalue weighted by molar-refractivity contribution is 5.80. The Kier molecular flexibility index (Phi) is 57.0. The van der Waals surface area contributed by atoms with Gasteiger partial charge in [0.25, 0.3) is 0 Å². The normalized spacial score (nSPS) is 19.0. The Hall–Kier alpha value is -3.42. The van der Waals surface area contributed by atoms with Gasteiger partial charge in [-0.3, -0.25) is 9.59 Å². The lowest BCUT2D eigenvalue weighted by atomic mass is 9.99. The van der Waals surface area contributed by atoms with Crippen LogP contribution < -0.4 is 5.32 Å². The fourth-order valence-electron chi connectivity index (χ4n) is 10.5. The Balaban J connectivity index is 2.55. The summed E-state index contributed by atoms with van der Waals surface area (Å²) in [5.74, 6) is -1.23. The standard InChI is InChI=1S/C74H129NO10/c1-4-7-10-13-16-19-22-24-26-28-30-31-32-33-34-35-36-37-38-40-42-44-47-50-53-56-59-62-69(79)85-72-71(81)70(80)68(63-76)84-74(72)83-64-65(66(77)60-57-54-51-48-45-21-18-15-12-9-6-3)75-73(82)67(78)61-58-55-52-49-46-43-41-39-29-27-25-23-20-17-14-11-8-5-2/h8,11,16-17,19-20,24-27,39,41,46,49,57,60,65-68,70-72,74,76-78,80-81H,4-7,9-10,12-15,18,21-23,28-38,40,42-45,47-48,50-56,58-59,61-64H2,1-3H3,(H,75,82)/b11-8-,19-16-,20-17-,26-24-,27-25-,41-39-,49-46-,60-57+. The van der Waals surface area contributed by atoms with E-state index in [0.717, 1.165) is 96.3 Å². The van der Waals surface area contributed by atoms with Gasteiger partial charge in [0.05, 0.1) is 25.4 Å². The molecule has 490 valence electrons. The highest BCUT2D eigenvalue weighted by Crippen LogP contribution is 2.26. The zero-order valence-corrected chi connectivity index (χ0v) is 54.5. The number of hydrogen-bond acceptors (Lipinski definition) is 10. The van der Waals surface area contributed by atoms with Crippen LogP contribution in [0.3, 0.4) is 0 Å². The quantitative estimate of drug-likeness (QED) is 0.0195. The number of allylic oxidation sites excluding steroid dienone is 15. The molecule has 0 aromatic rings. The van der Waals surface area contributed by atoms with Crippen LogP contribution in [0.2, 0.25) is 0 Å². The van der Waals surface area contributed by atoms with Crippen molar-refractivity contribution in [1.29, 1.82) is 0 Å². The van der Waals surface area contributed by atoms with Crippen molar-refractivity contribution >= 4 is 11.9 Å². The second kappa shape index (κ2) is 60.8. The summed E-state index contributed by atoms with van der Waals surface area (Å²) in [6.45, 7) is 5.64. The summed E-state index contributed by atoms with van der Waals surface area (Å²) in [6, 6.07) is -1.05. The molecule has 0 saturated carbocycles. The lowest BCUT2D eigenvalue weighted by Gasteiger charge is -2.41. The maximum atomic E-state index is 13.4. The molecule has 1 rings (SSSR count). The van der Waals surface area contributed by atoms with Crippen LogP contribution in [0.15, 0.2) is 97.2 Å². The highest BCUT2D eigenvalue weighted by atomic mass is 16.7. The molecular formula is C74H129NO10. The van der Waals surface area contributed by atoms with Gasteiger partial charge in [-0.2, -0.15) is 0 Å². The number of ether oxygens (including phenoxy) is 3. The Morgan fingerprint density at radius 3 is 1.29 bits per heavy atom. The van der Waals surface area contributed by atoms with Crippen LogP contribution in [-0.2, 0) is 23.8 Å². The van der Waals surface area contributed by atoms with Crippen molar-refractivity contribution in [2.24, 2.45) is 0 Å². The first kappa shape index (κ1) is 79.6. The molecule has 1 heterocycles. The number of unbranched alkanes of at least 4 members (excludes halogenated alkanes) is 31. The average Bonchev–Trinajstić information content (AvgIpc) is 3.51. The molecule has 11 heteroatoms. The minimum Gasteiger partial charge on any atom is -0.454 e. The van der Waals surface area contributed by atoms with E-state index in [-0.39, 0.29) is 19.4 Å². The van der Waals surface area contributed by atoms with Gasteiger partial charge in [0, 0.05) is 6.42 Å². The van der Waals surface area contributed by atoms with Crippen LogP contribution in [-0.4, -0.2) is 99.6 Å². The summed E-state index contributed by atoms with van der Waals surface area (Å²) in [7, 11) is 0. The SMILES string of the molecule is CC/C=C\C/C=C\C/C=C\C/C=C\C/C=C\CCCCC(O)C(=O)NC(COC1OC(CO)C(O)C(O)C1OC(=O)CCCCCCCCCCCCCCCCCCC/C=C\C/C=C\CCCCC)C(O)/C=C/CCCCCCCCCCC. The van der Waals surface area contributed by atoms with E-state index in [1.807, 2.05) is 6.08 Å². The fraction of sp³-hybridized carbons (Fsp3) is 0.757. The molecule has 1 saturated heterocycles. The van der Waals surface area contributed by atoms with E-state index in [2.05, 4.69) is 111 Å². The van der Waals surface area contributed by atoms with Crippen molar-refractivity contribution in [3.8, 4) is 0 Å². The summed E-state index contributed by atoms with van der Waals surface area (Å²) in [4.78, 5) is 26.6. The maximum Gasteiger partial charge on any atom is 0.306 e. The topological polar surface area (TPSA) is 175 Å². The van der Waals surface area contributed by atoms with E-state index in [1.54, 1.807) is 6.08 Å². The molecule has 8 unspecified atom stereocenters. The Morgan fingerprint density at radius 1 is 0.471 bits per heavy atom. The van der Waals surface area contributed by atoms with Gasteiger partial charge in [0.15, 0.2) is 12.4 Å². The molecule has 1 fully saturated rings. The lowest BCUT2D eigenvalue weighted by molar-refractivity contribution is -0.305. The van der Waals surface area contributed by atoms with E-state index >= 15 is 0 Å². The molecule has 11 nitrogen and oxygen atoms in total. The van der Waals surface area contributed by atoms with E-state index in [1.165, 1.54) is 154 Å². The van der Waals surface area contributed by atoms with Gasteiger partial charge < -0.3 is 45.1 Å². The first-order valence-electron chi connectivity index (χ1n) is 35.0. The van der Waals surface area contributed by atoms with Crippen molar-refractivity contribution in [2.75, 3.05) is 13.2 Å². The largest absolute Gasteiger partial charge is 0.454 e. The van der Waals surface area contributed by atoms with Crippen LogP contribution in [0, 0.1) is 0 Å². The molecule has 1 amide bonds. The van der Waals surface area contributed by atoms with E-state index in [9.17, 15) is 35.1 Å². The van der Waals surface area contributed by atoms with Crippen molar-refractivity contribution in [3.05, 3.63) is 97.2 Å². The van der Waals surface area contributed by atoms with Crippen LogP contribution in [0.1, 0.15) is 297 Å². The molecular weight excluding hydrogens is 1060 g/mol. The second-order valence-corrected chi connectivity index (χ2v) is 23.9. The summed E-state index contributed by atoms with van der Waals surface area (Å²) in [5.41, 5.74) is 0. The van der Waals surface area contributed by atoms with E-state index in [0.29, 0.717) is 12.8 Å². The predicted molar refractivity (Wildman–Crippen MR) is 356 cm³/mol. The molecule has 0 spiro atoms. The van der Waals surface area contributed by atoms with Crippen LogP contribution in [0.25, 0.3) is 0 Å². The third-order valence-corrected chi connectivity index (χ3v) is 16.0. The molecule has 1 aliphatic rings. The van der Waals surface area contributed by atoms with Crippen LogP contribution in [0.5, 0.6) is 0 Å². The number of rotatable bonds is 59. The Bertz CT molecular complexity index is 1750. The van der Waals surface area contributed by atoms with E-state index < -0.39 is 67.4 Å². The monoisotopic (exact) mass is 1190 g/mol. The van der Waals surface area contributed by atoms with Crippen LogP contribution >= 0.6 is 0 Å². The van der Waals surface area contributed by atoms with Gasteiger partial charge in [-0.1, -0.05) is 285 Å². The number of carbonyl (C=O) groups is 2. The summed E-state index contributed by atoms with van der Waals surface area (Å²) in [6.07, 6.45) is 71.7. The van der Waals surface area contributed by atoms with Crippen molar-refractivity contribution in [2.45, 2.75) is 346 Å². The maximum absolute atomic E-state index is 13.4. The van der Waals surface area contributed by atoms with Gasteiger partial charge in [0.1, 0.15) is 24.4 Å². The first-order chi connectivity index (χ1) is 41.7. The van der Waals surface area contributed by atoms with Gasteiger partial charge >= 0.3 is 5.97 Å². The Labute approximate surface area is 520 Å². The molecule has 8 atom stereocenters. The fourth-order valence-corrected chi connectivity index (χ4v) is 10.5. The van der Waals surface area contributed by atoms with Gasteiger partial charge in [-0.05, 0) is 103 Å². The molecule has 0 aliphatic carbocycles. The zero-order valence-electron chi connectivity index (χ0n) is 54.5. The second-order valence-electron chi connectivity index (χ2n) is 23.9. The third kappa shape index (κ3) is 48.2.